The molecular formula is C22H19N3O2S. The molecule has 0 bridgehead atoms. The van der Waals surface area contributed by atoms with Gasteiger partial charge in [-0.25, -0.2) is 18.4 Å². The Balaban J connectivity index is 1.61. The van der Waals surface area contributed by atoms with Crippen LogP contribution >= 0.6 is 0 Å². The average molecular weight is 389 g/mol. The second kappa shape index (κ2) is 6.27. The van der Waals surface area contributed by atoms with Crippen LogP contribution in [0.1, 0.15) is 23.9 Å². The zero-order valence-electron chi connectivity index (χ0n) is 15.4. The lowest BCUT2D eigenvalue weighted by atomic mass is 10.0. The van der Waals surface area contributed by atoms with Crippen LogP contribution in [0.15, 0.2) is 71.9 Å². The van der Waals surface area contributed by atoms with E-state index in [0.717, 1.165) is 40.8 Å². The number of hydrogen-bond donors (Lipinski definition) is 0. The first-order valence-corrected chi connectivity index (χ1v) is 11.1. The van der Waals surface area contributed by atoms with E-state index in [1.165, 1.54) is 11.8 Å². The van der Waals surface area contributed by atoms with Crippen LogP contribution in [-0.2, 0) is 16.3 Å². The molecule has 28 heavy (non-hydrogen) atoms. The zero-order chi connectivity index (χ0) is 19.3. The first-order valence-electron chi connectivity index (χ1n) is 9.23. The predicted molar refractivity (Wildman–Crippen MR) is 109 cm³/mol. The summed E-state index contributed by atoms with van der Waals surface area (Å²) in [6.45, 7) is 0. The summed E-state index contributed by atoms with van der Waals surface area (Å²) in [5.74, 6) is 1.12. The van der Waals surface area contributed by atoms with Crippen LogP contribution in [0.5, 0.6) is 0 Å². The number of aromatic nitrogens is 3. The second-order valence-electron chi connectivity index (χ2n) is 7.22. The van der Waals surface area contributed by atoms with E-state index in [9.17, 15) is 8.42 Å². The molecule has 0 amide bonds. The molecule has 4 aromatic rings. The van der Waals surface area contributed by atoms with E-state index in [0.29, 0.717) is 6.04 Å². The van der Waals surface area contributed by atoms with Crippen molar-refractivity contribution < 1.29 is 8.42 Å². The summed E-state index contributed by atoms with van der Waals surface area (Å²) in [6.07, 6.45) is 4.80. The minimum absolute atomic E-state index is 0.0896. The number of fused-ring (bicyclic) bond motifs is 3. The molecule has 0 aliphatic carbocycles. The molecule has 0 spiro atoms. The molecule has 5 nitrogen and oxygen atoms in total. The maximum atomic E-state index is 11.6. The van der Waals surface area contributed by atoms with Crippen LogP contribution in [0.2, 0.25) is 0 Å². The molecule has 2 aromatic heterocycles. The van der Waals surface area contributed by atoms with E-state index in [1.54, 1.807) is 18.3 Å². The summed E-state index contributed by atoms with van der Waals surface area (Å²) in [4.78, 5) is 8.94. The number of rotatable bonds is 3. The van der Waals surface area contributed by atoms with Crippen molar-refractivity contribution in [2.75, 3.05) is 6.26 Å². The molecule has 0 saturated carbocycles. The summed E-state index contributed by atoms with van der Waals surface area (Å²) < 4.78 is 25.6. The Morgan fingerprint density at radius 3 is 2.50 bits per heavy atom. The highest BCUT2D eigenvalue weighted by molar-refractivity contribution is 7.90. The third-order valence-corrected chi connectivity index (χ3v) is 6.35. The lowest BCUT2D eigenvalue weighted by Crippen LogP contribution is -2.05. The minimum Gasteiger partial charge on any atom is -0.320 e. The normalized spacial score (nSPS) is 16.4. The number of nitrogens with zero attached hydrogens (tertiary/aromatic N) is 3. The van der Waals surface area contributed by atoms with Gasteiger partial charge >= 0.3 is 0 Å². The summed E-state index contributed by atoms with van der Waals surface area (Å²) >= 11 is 0. The number of pyridine rings is 1. The maximum Gasteiger partial charge on any atom is 0.192 e. The molecule has 0 unspecified atom stereocenters. The smallest absolute Gasteiger partial charge is 0.192 e. The predicted octanol–water partition coefficient (Wildman–Crippen LogP) is 4.04. The van der Waals surface area contributed by atoms with Crippen LogP contribution in [-0.4, -0.2) is 29.2 Å². The van der Waals surface area contributed by atoms with Crippen molar-refractivity contribution in [3.8, 4) is 11.1 Å². The summed E-state index contributed by atoms with van der Waals surface area (Å²) in [5, 5.41) is 0.0896. The van der Waals surface area contributed by atoms with Crippen molar-refractivity contribution in [3.63, 3.8) is 0 Å². The van der Waals surface area contributed by atoms with Crippen molar-refractivity contribution in [2.45, 2.75) is 23.9 Å². The fourth-order valence-corrected chi connectivity index (χ4v) is 4.56. The van der Waals surface area contributed by atoms with Crippen LogP contribution in [0.4, 0.5) is 0 Å². The van der Waals surface area contributed by atoms with Crippen molar-refractivity contribution in [3.05, 3.63) is 78.2 Å². The Hall–Kier alpha value is -2.99. The van der Waals surface area contributed by atoms with Crippen molar-refractivity contribution >= 4 is 20.9 Å². The first kappa shape index (κ1) is 17.1. The maximum absolute atomic E-state index is 11.6. The molecule has 1 aliphatic heterocycles. The molecule has 1 aliphatic rings. The Kier molecular flexibility index (Phi) is 3.84. The highest BCUT2D eigenvalue weighted by Crippen LogP contribution is 2.36. The molecule has 0 N–H and O–H groups in total. The van der Waals surface area contributed by atoms with Crippen molar-refractivity contribution in [2.24, 2.45) is 0 Å². The van der Waals surface area contributed by atoms with Gasteiger partial charge in [-0.2, -0.15) is 0 Å². The minimum atomic E-state index is -3.30. The third kappa shape index (κ3) is 2.81. The molecule has 5 rings (SSSR count). The molecule has 0 fully saturated rings. The van der Waals surface area contributed by atoms with Gasteiger partial charge in [-0.1, -0.05) is 36.4 Å². The molecule has 0 radical (unpaired) electrons. The Bertz CT molecular complexity index is 1280. The molecule has 1 atom stereocenters. The number of benzene rings is 2. The SMILES string of the molecule is CS(=O)(=O)c1ccc(-c2ccc3nc4n(c3c2)[C@@H](c2ccccc2)CC4)cn1. The van der Waals surface area contributed by atoms with E-state index in [1.807, 2.05) is 18.2 Å². The summed E-state index contributed by atoms with van der Waals surface area (Å²) in [6, 6.07) is 20.4. The van der Waals surface area contributed by atoms with E-state index in [2.05, 4.69) is 39.9 Å². The molecule has 3 heterocycles. The number of sulfone groups is 1. The van der Waals surface area contributed by atoms with Gasteiger partial charge in [0, 0.05) is 24.4 Å². The Morgan fingerprint density at radius 1 is 1.00 bits per heavy atom. The highest BCUT2D eigenvalue weighted by Gasteiger charge is 2.27. The molecular weight excluding hydrogens is 370 g/mol. The van der Waals surface area contributed by atoms with Gasteiger partial charge in [0.15, 0.2) is 14.9 Å². The second-order valence-corrected chi connectivity index (χ2v) is 9.19. The molecule has 2 aromatic carbocycles. The van der Waals surface area contributed by atoms with Gasteiger partial charge in [0.25, 0.3) is 0 Å². The highest BCUT2D eigenvalue weighted by atomic mass is 32.2. The van der Waals surface area contributed by atoms with Gasteiger partial charge in [-0.15, -0.1) is 0 Å². The Labute approximate surface area is 163 Å². The van der Waals surface area contributed by atoms with E-state index < -0.39 is 9.84 Å². The number of aryl methyl sites for hydroxylation is 1. The zero-order valence-corrected chi connectivity index (χ0v) is 16.2. The van der Waals surface area contributed by atoms with Crippen molar-refractivity contribution in [1.29, 1.82) is 0 Å². The molecule has 140 valence electrons. The fourth-order valence-electron chi connectivity index (χ4n) is 4.00. The fraction of sp³-hybridized carbons (Fsp3) is 0.182. The number of hydrogen-bond acceptors (Lipinski definition) is 4. The Morgan fingerprint density at radius 2 is 1.79 bits per heavy atom. The lowest BCUT2D eigenvalue weighted by molar-refractivity contribution is 0.598. The summed E-state index contributed by atoms with van der Waals surface area (Å²) in [5.41, 5.74) is 5.27. The molecule has 0 saturated heterocycles. The molecule has 6 heteroatoms. The van der Waals surface area contributed by atoms with E-state index in [-0.39, 0.29) is 5.03 Å². The van der Waals surface area contributed by atoms with Crippen molar-refractivity contribution in [1.82, 2.24) is 14.5 Å². The van der Waals surface area contributed by atoms with Gasteiger partial charge < -0.3 is 4.57 Å². The average Bonchev–Trinajstić information content (AvgIpc) is 3.27. The number of imidazole rings is 1. The van der Waals surface area contributed by atoms with Crippen LogP contribution < -0.4 is 0 Å². The quantitative estimate of drug-likeness (QED) is 0.530. The van der Waals surface area contributed by atoms with E-state index in [4.69, 9.17) is 4.98 Å². The monoisotopic (exact) mass is 389 g/mol. The van der Waals surface area contributed by atoms with Crippen LogP contribution in [0.25, 0.3) is 22.2 Å². The van der Waals surface area contributed by atoms with Crippen LogP contribution in [0.3, 0.4) is 0 Å². The van der Waals surface area contributed by atoms with Gasteiger partial charge in [-0.05, 0) is 41.8 Å². The van der Waals surface area contributed by atoms with Gasteiger partial charge in [-0.3, -0.25) is 0 Å². The van der Waals surface area contributed by atoms with Gasteiger partial charge in [0.1, 0.15) is 5.82 Å². The van der Waals surface area contributed by atoms with Gasteiger partial charge in [0.2, 0.25) is 0 Å². The first-order chi connectivity index (χ1) is 13.5. The topological polar surface area (TPSA) is 64.8 Å². The standard InChI is InChI=1S/C22H19N3O2S/c1-28(26,27)22-12-8-17(14-23-22)16-7-9-18-20(13-16)25-19(10-11-21(25)24-18)15-5-3-2-4-6-15/h2-9,12-14,19H,10-11H2,1H3/t19-/m1/s1. The summed E-state index contributed by atoms with van der Waals surface area (Å²) in [7, 11) is -3.30. The van der Waals surface area contributed by atoms with Crippen LogP contribution in [0, 0.1) is 0 Å². The van der Waals surface area contributed by atoms with E-state index >= 15 is 0 Å². The third-order valence-electron chi connectivity index (χ3n) is 5.35. The largest absolute Gasteiger partial charge is 0.320 e. The lowest BCUT2D eigenvalue weighted by Gasteiger charge is -2.15. The van der Waals surface area contributed by atoms with Gasteiger partial charge in [0.05, 0.1) is 17.1 Å².